The molecule has 0 aliphatic carbocycles. The van der Waals surface area contributed by atoms with Gasteiger partial charge in [0.2, 0.25) is 0 Å². The number of rotatable bonds is 5. The Bertz CT molecular complexity index is 1120. The van der Waals surface area contributed by atoms with E-state index >= 15 is 0 Å². The van der Waals surface area contributed by atoms with Crippen LogP contribution in [0.2, 0.25) is 0 Å². The van der Waals surface area contributed by atoms with Gasteiger partial charge in [0.25, 0.3) is 0 Å². The summed E-state index contributed by atoms with van der Waals surface area (Å²) in [4.78, 5) is 12.5. The maximum absolute atomic E-state index is 12.5. The predicted octanol–water partition coefficient (Wildman–Crippen LogP) is 5.60. The minimum Gasteiger partial charge on any atom is -0.496 e. The molecule has 0 radical (unpaired) electrons. The molecule has 0 spiro atoms. The SMILES string of the molecule is COc1ccccc1/C(C#N)=C\c1cccc(OC(=O)c2ccc(C)c(C)c2)c1. The lowest BCUT2D eigenvalue weighted by molar-refractivity contribution is 0.0734. The highest BCUT2D eigenvalue weighted by molar-refractivity contribution is 5.93. The van der Waals surface area contributed by atoms with Crippen molar-refractivity contribution in [1.29, 1.82) is 5.26 Å². The van der Waals surface area contributed by atoms with Crippen molar-refractivity contribution in [3.8, 4) is 17.6 Å². The minimum atomic E-state index is -0.417. The van der Waals surface area contributed by atoms with E-state index in [0.29, 0.717) is 28.2 Å². The van der Waals surface area contributed by atoms with Gasteiger partial charge >= 0.3 is 5.97 Å². The maximum Gasteiger partial charge on any atom is 0.343 e. The summed E-state index contributed by atoms with van der Waals surface area (Å²) in [5.41, 5.74) is 4.56. The molecule has 3 rings (SSSR count). The second kappa shape index (κ2) is 8.90. The number of methoxy groups -OCH3 is 1. The average molecular weight is 383 g/mol. The number of carbonyl (C=O) groups excluding carboxylic acids is 1. The number of ether oxygens (including phenoxy) is 2. The van der Waals surface area contributed by atoms with Crippen molar-refractivity contribution in [3.63, 3.8) is 0 Å². The normalized spacial score (nSPS) is 10.9. The summed E-state index contributed by atoms with van der Waals surface area (Å²) in [5.74, 6) is 0.622. The van der Waals surface area contributed by atoms with Crippen LogP contribution in [-0.2, 0) is 0 Å². The zero-order chi connectivity index (χ0) is 20.8. The number of hydrogen-bond donors (Lipinski definition) is 0. The fourth-order valence-corrected chi connectivity index (χ4v) is 2.91. The van der Waals surface area contributed by atoms with Crippen LogP contribution in [0.5, 0.6) is 11.5 Å². The molecule has 4 heteroatoms. The van der Waals surface area contributed by atoms with Gasteiger partial charge in [-0.15, -0.1) is 0 Å². The van der Waals surface area contributed by atoms with E-state index in [1.807, 2.05) is 56.3 Å². The highest BCUT2D eigenvalue weighted by atomic mass is 16.5. The molecule has 0 N–H and O–H groups in total. The highest BCUT2D eigenvalue weighted by Gasteiger charge is 2.11. The lowest BCUT2D eigenvalue weighted by Crippen LogP contribution is -2.09. The minimum absolute atomic E-state index is 0.416. The standard InChI is InChI=1S/C25H21NO3/c1-17-11-12-20(13-18(17)2)25(27)29-22-8-6-7-19(15-22)14-21(16-26)23-9-4-5-10-24(23)28-3/h4-15H,1-3H3/b21-14-. The lowest BCUT2D eigenvalue weighted by atomic mass is 10.0. The van der Waals surface area contributed by atoms with Crippen LogP contribution < -0.4 is 9.47 Å². The van der Waals surface area contributed by atoms with Gasteiger partial charge in [-0.2, -0.15) is 5.26 Å². The average Bonchev–Trinajstić information content (AvgIpc) is 2.74. The summed E-state index contributed by atoms with van der Waals surface area (Å²) >= 11 is 0. The quantitative estimate of drug-likeness (QED) is 0.249. The van der Waals surface area contributed by atoms with Crippen molar-refractivity contribution in [2.75, 3.05) is 7.11 Å². The predicted molar refractivity (Wildman–Crippen MR) is 114 cm³/mol. The second-order valence-corrected chi connectivity index (χ2v) is 6.63. The Kier molecular flexibility index (Phi) is 6.11. The smallest absolute Gasteiger partial charge is 0.343 e. The van der Waals surface area contributed by atoms with E-state index in [-0.39, 0.29) is 0 Å². The molecule has 0 aliphatic rings. The number of carbonyl (C=O) groups is 1. The van der Waals surface area contributed by atoms with E-state index in [0.717, 1.165) is 16.7 Å². The Hall–Kier alpha value is -3.84. The molecule has 0 aromatic heterocycles. The first-order valence-electron chi connectivity index (χ1n) is 9.16. The first kappa shape index (κ1) is 19.9. The van der Waals surface area contributed by atoms with E-state index in [1.54, 1.807) is 37.5 Å². The molecule has 3 aromatic rings. The van der Waals surface area contributed by atoms with Crippen molar-refractivity contribution in [2.24, 2.45) is 0 Å². The molecule has 0 amide bonds. The number of nitriles is 1. The second-order valence-electron chi connectivity index (χ2n) is 6.63. The Morgan fingerprint density at radius 2 is 1.76 bits per heavy atom. The monoisotopic (exact) mass is 383 g/mol. The van der Waals surface area contributed by atoms with Crippen molar-refractivity contribution in [3.05, 3.63) is 94.5 Å². The van der Waals surface area contributed by atoms with Gasteiger partial charge in [-0.3, -0.25) is 0 Å². The van der Waals surface area contributed by atoms with Crippen molar-refractivity contribution in [1.82, 2.24) is 0 Å². The zero-order valence-corrected chi connectivity index (χ0v) is 16.6. The molecule has 0 bridgehead atoms. The Balaban J connectivity index is 1.87. The van der Waals surface area contributed by atoms with Crippen molar-refractivity contribution in [2.45, 2.75) is 13.8 Å². The van der Waals surface area contributed by atoms with Crippen LogP contribution in [0.3, 0.4) is 0 Å². The Morgan fingerprint density at radius 1 is 0.966 bits per heavy atom. The largest absolute Gasteiger partial charge is 0.496 e. The third kappa shape index (κ3) is 4.72. The molecule has 0 fully saturated rings. The summed E-state index contributed by atoms with van der Waals surface area (Å²) in [5, 5.41) is 9.61. The fraction of sp³-hybridized carbons (Fsp3) is 0.120. The van der Waals surface area contributed by atoms with Crippen LogP contribution in [-0.4, -0.2) is 13.1 Å². The Morgan fingerprint density at radius 3 is 2.48 bits per heavy atom. The third-order valence-electron chi connectivity index (χ3n) is 4.64. The molecule has 0 saturated heterocycles. The summed E-state index contributed by atoms with van der Waals surface area (Å²) < 4.78 is 10.9. The lowest BCUT2D eigenvalue weighted by Gasteiger charge is -2.08. The first-order valence-corrected chi connectivity index (χ1v) is 9.16. The fourth-order valence-electron chi connectivity index (χ4n) is 2.91. The molecule has 4 nitrogen and oxygen atoms in total. The molecule has 0 atom stereocenters. The van der Waals surface area contributed by atoms with Gasteiger partial charge in [0.1, 0.15) is 11.5 Å². The van der Waals surface area contributed by atoms with E-state index in [1.165, 1.54) is 0 Å². The van der Waals surface area contributed by atoms with Crippen LogP contribution in [0.15, 0.2) is 66.7 Å². The molecule has 0 heterocycles. The molecule has 0 saturated carbocycles. The molecule has 144 valence electrons. The van der Waals surface area contributed by atoms with Gasteiger partial charge in [-0.1, -0.05) is 30.3 Å². The summed E-state index contributed by atoms with van der Waals surface area (Å²) in [6.07, 6.45) is 1.74. The summed E-state index contributed by atoms with van der Waals surface area (Å²) in [6, 6.07) is 22.1. The van der Waals surface area contributed by atoms with E-state index < -0.39 is 5.97 Å². The number of allylic oxidation sites excluding steroid dienone is 1. The van der Waals surface area contributed by atoms with Gasteiger partial charge < -0.3 is 9.47 Å². The van der Waals surface area contributed by atoms with Crippen molar-refractivity contribution >= 4 is 17.6 Å². The van der Waals surface area contributed by atoms with Gasteiger partial charge in [-0.05, 0) is 73.0 Å². The van der Waals surface area contributed by atoms with E-state index in [9.17, 15) is 10.1 Å². The summed E-state index contributed by atoms with van der Waals surface area (Å²) in [7, 11) is 1.57. The van der Waals surface area contributed by atoms with Gasteiger partial charge in [0.05, 0.1) is 24.3 Å². The maximum atomic E-state index is 12.5. The number of nitrogens with zero attached hydrogens (tertiary/aromatic N) is 1. The number of hydrogen-bond acceptors (Lipinski definition) is 4. The molecule has 0 aliphatic heterocycles. The van der Waals surface area contributed by atoms with Crippen molar-refractivity contribution < 1.29 is 14.3 Å². The Labute approximate surface area is 170 Å². The molecule has 3 aromatic carbocycles. The van der Waals surface area contributed by atoms with Gasteiger partial charge in [0, 0.05) is 5.56 Å². The van der Waals surface area contributed by atoms with Crippen LogP contribution in [0, 0.1) is 25.2 Å². The number of esters is 1. The molecule has 29 heavy (non-hydrogen) atoms. The van der Waals surface area contributed by atoms with E-state index in [4.69, 9.17) is 9.47 Å². The summed E-state index contributed by atoms with van der Waals surface area (Å²) in [6.45, 7) is 3.95. The topological polar surface area (TPSA) is 59.3 Å². The zero-order valence-electron chi connectivity index (χ0n) is 16.6. The first-order chi connectivity index (χ1) is 14.0. The van der Waals surface area contributed by atoms with Crippen LogP contribution >= 0.6 is 0 Å². The van der Waals surface area contributed by atoms with Gasteiger partial charge in [0.15, 0.2) is 0 Å². The number of para-hydroxylation sites is 1. The van der Waals surface area contributed by atoms with E-state index in [2.05, 4.69) is 6.07 Å². The van der Waals surface area contributed by atoms with Crippen LogP contribution in [0.1, 0.15) is 32.6 Å². The number of aryl methyl sites for hydroxylation is 2. The number of benzene rings is 3. The highest BCUT2D eigenvalue weighted by Crippen LogP contribution is 2.28. The third-order valence-corrected chi connectivity index (χ3v) is 4.64. The molecular formula is C25H21NO3. The van der Waals surface area contributed by atoms with Crippen LogP contribution in [0.4, 0.5) is 0 Å². The molecule has 0 unspecified atom stereocenters. The van der Waals surface area contributed by atoms with Gasteiger partial charge in [-0.25, -0.2) is 4.79 Å². The molecular weight excluding hydrogens is 362 g/mol. The van der Waals surface area contributed by atoms with Crippen LogP contribution in [0.25, 0.3) is 11.6 Å².